The zero-order chi connectivity index (χ0) is 18.2. The molecule has 1 aromatic carbocycles. The second-order valence-corrected chi connectivity index (χ2v) is 6.88. The number of benzene rings is 1. The molecule has 7 heteroatoms. The summed E-state index contributed by atoms with van der Waals surface area (Å²) in [6.45, 7) is 1.72. The van der Waals surface area contributed by atoms with Gasteiger partial charge in [0.2, 0.25) is 5.91 Å². The van der Waals surface area contributed by atoms with Gasteiger partial charge in [-0.3, -0.25) is 14.5 Å². The van der Waals surface area contributed by atoms with Crippen molar-refractivity contribution in [3.8, 4) is 5.75 Å². The Morgan fingerprint density at radius 3 is 2.64 bits per heavy atom. The van der Waals surface area contributed by atoms with Crippen molar-refractivity contribution >= 4 is 11.9 Å². The van der Waals surface area contributed by atoms with Crippen LogP contribution in [0.4, 0.5) is 4.39 Å². The van der Waals surface area contributed by atoms with Crippen LogP contribution in [-0.2, 0) is 16.1 Å². The van der Waals surface area contributed by atoms with Gasteiger partial charge in [-0.2, -0.15) is 0 Å². The number of halogens is 1. The van der Waals surface area contributed by atoms with Gasteiger partial charge in [-0.05, 0) is 18.9 Å². The maximum Gasteiger partial charge on any atom is 0.309 e. The SMILES string of the molecule is COc1ccc(CN2CCC3(CC2)[C@H](C(=O)O)CC(=O)N3C)c(F)c1. The number of rotatable bonds is 4. The molecule has 1 N–H and O–H groups in total. The zero-order valence-corrected chi connectivity index (χ0v) is 14.5. The van der Waals surface area contributed by atoms with Gasteiger partial charge in [0, 0.05) is 44.7 Å². The molecule has 2 fully saturated rings. The molecule has 2 aliphatic heterocycles. The number of methoxy groups -OCH3 is 1. The van der Waals surface area contributed by atoms with Crippen molar-refractivity contribution in [2.45, 2.75) is 31.3 Å². The molecule has 0 saturated carbocycles. The zero-order valence-electron chi connectivity index (χ0n) is 14.5. The molecule has 2 heterocycles. The summed E-state index contributed by atoms with van der Waals surface area (Å²) in [5.74, 6) is -1.51. The molecule has 1 aromatic rings. The van der Waals surface area contributed by atoms with E-state index in [4.69, 9.17) is 4.74 Å². The van der Waals surface area contributed by atoms with Crippen LogP contribution in [0.15, 0.2) is 18.2 Å². The maximum absolute atomic E-state index is 14.1. The monoisotopic (exact) mass is 350 g/mol. The van der Waals surface area contributed by atoms with Crippen LogP contribution in [0.1, 0.15) is 24.8 Å². The van der Waals surface area contributed by atoms with Crippen molar-refractivity contribution in [3.05, 3.63) is 29.6 Å². The Hall–Kier alpha value is -2.15. The van der Waals surface area contributed by atoms with E-state index in [-0.39, 0.29) is 18.1 Å². The Morgan fingerprint density at radius 1 is 1.40 bits per heavy atom. The number of aliphatic carboxylic acids is 1. The van der Waals surface area contributed by atoms with Crippen LogP contribution in [0, 0.1) is 11.7 Å². The van der Waals surface area contributed by atoms with Gasteiger partial charge in [-0.1, -0.05) is 6.07 Å². The number of carbonyl (C=O) groups excluding carboxylic acids is 1. The Balaban J connectivity index is 1.69. The highest BCUT2D eigenvalue weighted by molar-refractivity contribution is 5.88. The Kier molecular flexibility index (Phi) is 4.69. The highest BCUT2D eigenvalue weighted by Crippen LogP contribution is 2.43. The van der Waals surface area contributed by atoms with E-state index in [9.17, 15) is 19.1 Å². The van der Waals surface area contributed by atoms with E-state index in [1.165, 1.54) is 13.2 Å². The van der Waals surface area contributed by atoms with Gasteiger partial charge in [0.1, 0.15) is 11.6 Å². The fourth-order valence-electron chi connectivity index (χ4n) is 4.11. The predicted molar refractivity (Wildman–Crippen MR) is 88.7 cm³/mol. The van der Waals surface area contributed by atoms with Gasteiger partial charge >= 0.3 is 5.97 Å². The van der Waals surface area contributed by atoms with Gasteiger partial charge in [0.25, 0.3) is 0 Å². The number of hydrogen-bond donors (Lipinski definition) is 1. The summed E-state index contributed by atoms with van der Waals surface area (Å²) in [6, 6.07) is 4.81. The van der Waals surface area contributed by atoms with Gasteiger partial charge in [-0.15, -0.1) is 0 Å². The Morgan fingerprint density at radius 2 is 2.08 bits per heavy atom. The molecule has 0 aromatic heterocycles. The van der Waals surface area contributed by atoms with E-state index < -0.39 is 17.4 Å². The molecule has 6 nitrogen and oxygen atoms in total. The molecular weight excluding hydrogens is 327 g/mol. The second kappa shape index (κ2) is 6.63. The van der Waals surface area contributed by atoms with E-state index in [0.29, 0.717) is 43.8 Å². The second-order valence-electron chi connectivity index (χ2n) is 6.88. The molecule has 0 unspecified atom stereocenters. The van der Waals surface area contributed by atoms with Crippen LogP contribution in [0.5, 0.6) is 5.75 Å². The number of piperidine rings is 1. The van der Waals surface area contributed by atoms with Crippen molar-refractivity contribution in [2.24, 2.45) is 5.92 Å². The molecule has 0 aliphatic carbocycles. The number of carboxylic acids is 1. The summed E-state index contributed by atoms with van der Waals surface area (Å²) in [4.78, 5) is 27.3. The minimum absolute atomic E-state index is 0.0684. The first-order valence-corrected chi connectivity index (χ1v) is 8.41. The van der Waals surface area contributed by atoms with Crippen molar-refractivity contribution < 1.29 is 23.8 Å². The fraction of sp³-hybridized carbons (Fsp3) is 0.556. The number of nitrogens with zero attached hydrogens (tertiary/aromatic N) is 2. The lowest BCUT2D eigenvalue weighted by atomic mass is 9.77. The molecule has 2 saturated heterocycles. The average Bonchev–Trinajstić information content (AvgIpc) is 2.84. The molecule has 1 amide bonds. The average molecular weight is 350 g/mol. The number of ether oxygens (including phenoxy) is 1. The lowest BCUT2D eigenvalue weighted by Gasteiger charge is -2.45. The summed E-state index contributed by atoms with van der Waals surface area (Å²) in [5, 5.41) is 9.50. The summed E-state index contributed by atoms with van der Waals surface area (Å²) >= 11 is 0. The largest absolute Gasteiger partial charge is 0.497 e. The third-order valence-electron chi connectivity index (χ3n) is 5.74. The third-order valence-corrected chi connectivity index (χ3v) is 5.74. The first-order valence-electron chi connectivity index (χ1n) is 8.41. The standard InChI is InChI=1S/C18H23FN2O4/c1-20-16(22)10-14(17(23)24)18(20)5-7-21(8-6-18)11-12-3-4-13(25-2)9-15(12)19/h3-4,9,14H,5-8,10-11H2,1-2H3,(H,23,24)/t14-/m0/s1. The predicted octanol–water partition coefficient (Wildman–Crippen LogP) is 1.73. The van der Waals surface area contributed by atoms with Crippen LogP contribution in [0.25, 0.3) is 0 Å². The van der Waals surface area contributed by atoms with E-state index in [0.717, 1.165) is 0 Å². The highest BCUT2D eigenvalue weighted by Gasteiger charge is 2.55. The summed E-state index contributed by atoms with van der Waals surface area (Å²) in [5.41, 5.74) is -0.0277. The summed E-state index contributed by atoms with van der Waals surface area (Å²) < 4.78 is 19.1. The number of carbonyl (C=O) groups is 2. The molecule has 136 valence electrons. The Bertz CT molecular complexity index is 686. The van der Waals surface area contributed by atoms with Crippen molar-refractivity contribution in [1.82, 2.24) is 9.80 Å². The number of amides is 1. The molecule has 0 bridgehead atoms. The molecule has 2 aliphatic rings. The molecule has 0 radical (unpaired) electrons. The third kappa shape index (κ3) is 3.08. The molecule has 25 heavy (non-hydrogen) atoms. The van der Waals surface area contributed by atoms with Crippen molar-refractivity contribution in [1.29, 1.82) is 0 Å². The van der Waals surface area contributed by atoms with Crippen molar-refractivity contribution in [2.75, 3.05) is 27.2 Å². The first kappa shape index (κ1) is 17.7. The minimum Gasteiger partial charge on any atom is -0.497 e. The minimum atomic E-state index is -0.910. The van der Waals surface area contributed by atoms with E-state index in [2.05, 4.69) is 4.90 Å². The van der Waals surface area contributed by atoms with Gasteiger partial charge in [0.15, 0.2) is 0 Å². The fourth-order valence-corrected chi connectivity index (χ4v) is 4.11. The molecule has 1 spiro atoms. The number of carboxylic acid groups (broad SMARTS) is 1. The number of likely N-dealkylation sites (tertiary alicyclic amines) is 2. The normalized spacial score (nSPS) is 23.2. The van der Waals surface area contributed by atoms with Crippen LogP contribution < -0.4 is 4.74 Å². The number of hydrogen-bond acceptors (Lipinski definition) is 4. The van der Waals surface area contributed by atoms with Crippen LogP contribution >= 0.6 is 0 Å². The highest BCUT2D eigenvalue weighted by atomic mass is 19.1. The van der Waals surface area contributed by atoms with E-state index >= 15 is 0 Å². The van der Waals surface area contributed by atoms with Crippen LogP contribution in [0.2, 0.25) is 0 Å². The lowest BCUT2D eigenvalue weighted by molar-refractivity contribution is -0.146. The summed E-state index contributed by atoms with van der Waals surface area (Å²) in [7, 11) is 3.20. The smallest absolute Gasteiger partial charge is 0.309 e. The van der Waals surface area contributed by atoms with E-state index in [1.54, 1.807) is 24.1 Å². The van der Waals surface area contributed by atoms with Gasteiger partial charge in [0.05, 0.1) is 18.6 Å². The maximum atomic E-state index is 14.1. The van der Waals surface area contributed by atoms with Gasteiger partial charge in [-0.25, -0.2) is 4.39 Å². The first-order chi connectivity index (χ1) is 11.9. The molecule has 3 rings (SSSR count). The van der Waals surface area contributed by atoms with Crippen LogP contribution in [0.3, 0.4) is 0 Å². The van der Waals surface area contributed by atoms with Crippen LogP contribution in [-0.4, -0.2) is 59.6 Å². The quantitative estimate of drug-likeness (QED) is 0.896. The lowest BCUT2D eigenvalue weighted by Crippen LogP contribution is -2.55. The summed E-state index contributed by atoms with van der Waals surface area (Å²) in [6.07, 6.45) is 1.24. The van der Waals surface area contributed by atoms with E-state index in [1.807, 2.05) is 0 Å². The topological polar surface area (TPSA) is 70.1 Å². The van der Waals surface area contributed by atoms with Crippen molar-refractivity contribution in [3.63, 3.8) is 0 Å². The molecular formula is C18H23FN2O4. The molecule has 1 atom stereocenters. The Labute approximate surface area is 146 Å². The van der Waals surface area contributed by atoms with Gasteiger partial charge < -0.3 is 14.7 Å².